The molecule has 1 aromatic carbocycles. The Hall–Kier alpha value is -1.95. The number of aromatic nitrogens is 3. The predicted octanol–water partition coefficient (Wildman–Crippen LogP) is 2.47. The predicted molar refractivity (Wildman–Crippen MR) is 76.9 cm³/mol. The van der Waals surface area contributed by atoms with Crippen LogP contribution in [0.15, 0.2) is 24.8 Å². The minimum Gasteiger partial charge on any atom is -0.493 e. The van der Waals surface area contributed by atoms with Crippen LogP contribution in [0.4, 0.5) is 0 Å². The molecule has 1 aromatic heterocycles. The molecule has 20 heavy (non-hydrogen) atoms. The third kappa shape index (κ3) is 3.54. The third-order valence-corrected chi connectivity index (χ3v) is 2.91. The molecule has 6 nitrogen and oxygen atoms in total. The molecule has 0 saturated carbocycles. The summed E-state index contributed by atoms with van der Waals surface area (Å²) < 4.78 is 12.6. The number of rotatable bonds is 7. The first-order valence-corrected chi connectivity index (χ1v) is 6.70. The first-order chi connectivity index (χ1) is 9.74. The topological polar surface area (TPSA) is 61.2 Å². The second-order valence-corrected chi connectivity index (χ2v) is 4.57. The van der Waals surface area contributed by atoms with Crippen LogP contribution in [0.3, 0.4) is 0 Å². The van der Waals surface area contributed by atoms with Gasteiger partial charge in [0.1, 0.15) is 12.7 Å². The first-order valence-electron chi connectivity index (χ1n) is 6.32. The molecular formula is C13H17ClN4O2. The van der Waals surface area contributed by atoms with Gasteiger partial charge in [-0.05, 0) is 24.1 Å². The Morgan fingerprint density at radius 3 is 2.70 bits per heavy atom. The summed E-state index contributed by atoms with van der Waals surface area (Å²) in [5, 5.41) is 7.97. The Balaban J connectivity index is 2.12. The highest BCUT2D eigenvalue weighted by molar-refractivity contribution is 6.32. The Bertz CT molecular complexity index is 546. The molecule has 2 aromatic rings. The summed E-state index contributed by atoms with van der Waals surface area (Å²) in [6.45, 7) is 3.22. The van der Waals surface area contributed by atoms with Crippen molar-refractivity contribution in [3.63, 3.8) is 0 Å². The summed E-state index contributed by atoms with van der Waals surface area (Å²) >= 11 is 6.25. The van der Waals surface area contributed by atoms with Crippen molar-refractivity contribution >= 4 is 11.6 Å². The first kappa shape index (κ1) is 14.5. The Morgan fingerprint density at radius 2 is 2.05 bits per heavy atom. The van der Waals surface area contributed by atoms with E-state index in [0.29, 0.717) is 29.7 Å². The van der Waals surface area contributed by atoms with Crippen molar-refractivity contribution < 1.29 is 9.47 Å². The molecule has 0 saturated heterocycles. The molecule has 0 aliphatic carbocycles. The molecule has 1 N–H and O–H groups in total. The number of ether oxygens (including phenoxy) is 2. The SMILES string of the molecule is CCCOc1c(Cl)cc(CNn2cnnc2)cc1OC. The Kier molecular flexibility index (Phi) is 5.06. The standard InChI is InChI=1S/C13H17ClN4O2/c1-3-4-20-13-11(14)5-10(6-12(13)19-2)7-17-18-8-15-16-9-18/h5-6,8-9,17H,3-4,7H2,1-2H3. The van der Waals surface area contributed by atoms with Gasteiger partial charge in [-0.15, -0.1) is 10.2 Å². The molecule has 1 heterocycles. The molecule has 0 fully saturated rings. The summed E-state index contributed by atoms with van der Waals surface area (Å²) in [5.41, 5.74) is 4.10. The van der Waals surface area contributed by atoms with Crippen molar-refractivity contribution in [3.8, 4) is 11.5 Å². The van der Waals surface area contributed by atoms with E-state index >= 15 is 0 Å². The number of nitrogens with one attached hydrogen (secondary N) is 1. The van der Waals surface area contributed by atoms with Crippen LogP contribution in [0.25, 0.3) is 0 Å². The molecule has 108 valence electrons. The van der Waals surface area contributed by atoms with E-state index in [1.165, 1.54) is 0 Å². The van der Waals surface area contributed by atoms with Crippen LogP contribution in [-0.4, -0.2) is 28.6 Å². The molecule has 0 spiro atoms. The lowest BCUT2D eigenvalue weighted by atomic mass is 10.2. The van der Waals surface area contributed by atoms with Crippen LogP contribution in [0.2, 0.25) is 5.02 Å². The highest BCUT2D eigenvalue weighted by Gasteiger charge is 2.11. The van der Waals surface area contributed by atoms with Crippen molar-refractivity contribution in [2.24, 2.45) is 0 Å². The van der Waals surface area contributed by atoms with Crippen molar-refractivity contribution in [1.82, 2.24) is 14.9 Å². The molecule has 0 unspecified atom stereocenters. The zero-order valence-electron chi connectivity index (χ0n) is 11.5. The molecule has 0 aliphatic rings. The number of halogens is 1. The molecule has 0 atom stereocenters. The number of hydrogen-bond donors (Lipinski definition) is 1. The maximum atomic E-state index is 6.25. The van der Waals surface area contributed by atoms with E-state index in [0.717, 1.165) is 12.0 Å². The quantitative estimate of drug-likeness (QED) is 0.850. The van der Waals surface area contributed by atoms with E-state index in [1.54, 1.807) is 24.4 Å². The number of nitrogens with zero attached hydrogens (tertiary/aromatic N) is 3. The van der Waals surface area contributed by atoms with Crippen LogP contribution in [-0.2, 0) is 6.54 Å². The molecule has 0 amide bonds. The van der Waals surface area contributed by atoms with Gasteiger partial charge in [-0.25, -0.2) is 4.68 Å². The van der Waals surface area contributed by atoms with Crippen LogP contribution in [0.1, 0.15) is 18.9 Å². The number of methoxy groups -OCH3 is 1. The van der Waals surface area contributed by atoms with E-state index in [2.05, 4.69) is 15.6 Å². The summed E-state index contributed by atoms with van der Waals surface area (Å²) in [6.07, 6.45) is 4.07. The summed E-state index contributed by atoms with van der Waals surface area (Å²) in [6, 6.07) is 3.75. The summed E-state index contributed by atoms with van der Waals surface area (Å²) in [7, 11) is 1.60. The smallest absolute Gasteiger partial charge is 0.179 e. The molecule has 0 aliphatic heterocycles. The lowest BCUT2D eigenvalue weighted by Crippen LogP contribution is -2.12. The van der Waals surface area contributed by atoms with Crippen LogP contribution < -0.4 is 14.9 Å². The fourth-order valence-corrected chi connectivity index (χ4v) is 1.97. The molecule has 0 bridgehead atoms. The van der Waals surface area contributed by atoms with Gasteiger partial charge in [-0.2, -0.15) is 0 Å². The van der Waals surface area contributed by atoms with Gasteiger partial charge in [0, 0.05) is 0 Å². The van der Waals surface area contributed by atoms with Crippen molar-refractivity contribution in [2.45, 2.75) is 19.9 Å². The minimum absolute atomic E-state index is 0.540. The molecule has 0 radical (unpaired) electrons. The van der Waals surface area contributed by atoms with E-state index < -0.39 is 0 Å². The van der Waals surface area contributed by atoms with E-state index in [4.69, 9.17) is 21.1 Å². The summed E-state index contributed by atoms with van der Waals surface area (Å²) in [4.78, 5) is 0. The second kappa shape index (κ2) is 7.00. The Labute approximate surface area is 122 Å². The summed E-state index contributed by atoms with van der Waals surface area (Å²) in [5.74, 6) is 1.22. The highest BCUT2D eigenvalue weighted by atomic mass is 35.5. The largest absolute Gasteiger partial charge is 0.493 e. The van der Waals surface area contributed by atoms with Crippen molar-refractivity contribution in [3.05, 3.63) is 35.4 Å². The minimum atomic E-state index is 0.540. The Morgan fingerprint density at radius 1 is 1.30 bits per heavy atom. The van der Waals surface area contributed by atoms with Gasteiger partial charge in [0.25, 0.3) is 0 Å². The van der Waals surface area contributed by atoms with Gasteiger partial charge in [0.2, 0.25) is 0 Å². The lowest BCUT2D eigenvalue weighted by molar-refractivity contribution is 0.294. The second-order valence-electron chi connectivity index (χ2n) is 4.16. The third-order valence-electron chi connectivity index (χ3n) is 2.62. The van der Waals surface area contributed by atoms with E-state index in [9.17, 15) is 0 Å². The number of hydrogen-bond acceptors (Lipinski definition) is 5. The molecular weight excluding hydrogens is 280 g/mol. The van der Waals surface area contributed by atoms with Gasteiger partial charge in [-0.3, -0.25) is 0 Å². The van der Waals surface area contributed by atoms with Crippen molar-refractivity contribution in [2.75, 3.05) is 19.1 Å². The number of benzene rings is 1. The van der Waals surface area contributed by atoms with Crippen LogP contribution in [0.5, 0.6) is 11.5 Å². The van der Waals surface area contributed by atoms with Crippen molar-refractivity contribution in [1.29, 1.82) is 0 Å². The zero-order chi connectivity index (χ0) is 14.4. The maximum Gasteiger partial charge on any atom is 0.179 e. The monoisotopic (exact) mass is 296 g/mol. The van der Waals surface area contributed by atoms with Gasteiger partial charge < -0.3 is 14.9 Å². The average Bonchev–Trinajstić information content (AvgIpc) is 2.96. The zero-order valence-corrected chi connectivity index (χ0v) is 12.2. The van der Waals surface area contributed by atoms with Gasteiger partial charge in [0.15, 0.2) is 11.5 Å². The molecule has 7 heteroatoms. The van der Waals surface area contributed by atoms with E-state index in [-0.39, 0.29) is 0 Å². The fraction of sp³-hybridized carbons (Fsp3) is 0.385. The normalized spacial score (nSPS) is 10.3. The fourth-order valence-electron chi connectivity index (χ4n) is 1.68. The van der Waals surface area contributed by atoms with Crippen LogP contribution in [0, 0.1) is 0 Å². The van der Waals surface area contributed by atoms with Gasteiger partial charge >= 0.3 is 0 Å². The van der Waals surface area contributed by atoms with Crippen LogP contribution >= 0.6 is 11.6 Å². The van der Waals surface area contributed by atoms with Gasteiger partial charge in [0.05, 0.1) is 25.3 Å². The van der Waals surface area contributed by atoms with E-state index in [1.807, 2.05) is 19.1 Å². The average molecular weight is 297 g/mol. The lowest BCUT2D eigenvalue weighted by Gasteiger charge is -2.14. The maximum absolute atomic E-state index is 6.25. The van der Waals surface area contributed by atoms with Gasteiger partial charge in [-0.1, -0.05) is 18.5 Å². The highest BCUT2D eigenvalue weighted by Crippen LogP contribution is 2.36. The molecule has 2 rings (SSSR count).